The van der Waals surface area contributed by atoms with Crippen LogP contribution in [0.2, 0.25) is 0 Å². The molecule has 7 heteroatoms. The SMILES string of the molecule is CCCCCCCCCCCCCCCC(=O)OC[C@H]1O[C@@H](O)[C@H](O)[C@@H](O)[C@@H]1O. The monoisotopic (exact) mass is 418 g/mol. The van der Waals surface area contributed by atoms with Crippen molar-refractivity contribution < 1.29 is 34.7 Å². The Labute approximate surface area is 175 Å². The molecule has 4 N–H and O–H groups in total. The first-order chi connectivity index (χ1) is 14.0. The number of rotatable bonds is 16. The van der Waals surface area contributed by atoms with Gasteiger partial charge in [-0.25, -0.2) is 0 Å². The highest BCUT2D eigenvalue weighted by molar-refractivity contribution is 5.69. The van der Waals surface area contributed by atoms with Crippen LogP contribution in [-0.4, -0.2) is 63.7 Å². The van der Waals surface area contributed by atoms with Gasteiger partial charge in [-0.1, -0.05) is 84.0 Å². The van der Waals surface area contributed by atoms with Gasteiger partial charge in [0.15, 0.2) is 6.29 Å². The minimum atomic E-state index is -1.61. The molecule has 0 spiro atoms. The second-order valence-corrected chi connectivity index (χ2v) is 8.21. The predicted molar refractivity (Wildman–Crippen MR) is 110 cm³/mol. The van der Waals surface area contributed by atoms with E-state index in [-0.39, 0.29) is 12.6 Å². The summed E-state index contributed by atoms with van der Waals surface area (Å²) in [5.74, 6) is -0.390. The molecule has 1 saturated heterocycles. The minimum Gasteiger partial charge on any atom is -0.463 e. The number of carbonyl (C=O) groups is 1. The number of aliphatic hydroxyl groups excluding tert-OH is 4. The van der Waals surface area contributed by atoms with Crippen molar-refractivity contribution in [1.29, 1.82) is 0 Å². The normalized spacial score (nSPS) is 27.1. The van der Waals surface area contributed by atoms with Gasteiger partial charge in [0.1, 0.15) is 31.0 Å². The Morgan fingerprint density at radius 1 is 0.724 bits per heavy atom. The van der Waals surface area contributed by atoms with E-state index >= 15 is 0 Å². The van der Waals surface area contributed by atoms with Gasteiger partial charge >= 0.3 is 5.97 Å². The Kier molecular flexibility index (Phi) is 14.5. The lowest BCUT2D eigenvalue weighted by Crippen LogP contribution is -2.58. The number of esters is 1. The Hall–Kier alpha value is -0.730. The molecule has 0 aromatic rings. The third-order valence-electron chi connectivity index (χ3n) is 5.58. The third-order valence-corrected chi connectivity index (χ3v) is 5.58. The first-order valence-corrected chi connectivity index (χ1v) is 11.5. The predicted octanol–water partition coefficient (Wildman–Crippen LogP) is 2.81. The highest BCUT2D eigenvalue weighted by Gasteiger charge is 2.43. The topological polar surface area (TPSA) is 116 Å². The second kappa shape index (κ2) is 16.0. The molecule has 0 saturated carbocycles. The Bertz CT molecular complexity index is 418. The van der Waals surface area contributed by atoms with Crippen LogP contribution in [0.5, 0.6) is 0 Å². The van der Waals surface area contributed by atoms with E-state index in [0.29, 0.717) is 6.42 Å². The van der Waals surface area contributed by atoms with Gasteiger partial charge in [0.05, 0.1) is 0 Å². The van der Waals surface area contributed by atoms with Gasteiger partial charge < -0.3 is 29.9 Å². The molecule has 0 unspecified atom stereocenters. The fourth-order valence-corrected chi connectivity index (χ4v) is 3.60. The average Bonchev–Trinajstić information content (AvgIpc) is 2.71. The first-order valence-electron chi connectivity index (χ1n) is 11.5. The van der Waals surface area contributed by atoms with E-state index in [4.69, 9.17) is 9.47 Å². The van der Waals surface area contributed by atoms with Crippen LogP contribution < -0.4 is 0 Å². The molecule has 1 aliphatic rings. The van der Waals surface area contributed by atoms with Crippen LogP contribution in [0.4, 0.5) is 0 Å². The lowest BCUT2D eigenvalue weighted by atomic mass is 9.99. The summed E-state index contributed by atoms with van der Waals surface area (Å²) in [7, 11) is 0. The van der Waals surface area contributed by atoms with Crippen molar-refractivity contribution in [3.8, 4) is 0 Å². The quantitative estimate of drug-likeness (QED) is 0.225. The van der Waals surface area contributed by atoms with Gasteiger partial charge in [-0.15, -0.1) is 0 Å². The van der Waals surface area contributed by atoms with Crippen LogP contribution in [0.3, 0.4) is 0 Å². The van der Waals surface area contributed by atoms with E-state index < -0.39 is 30.7 Å². The summed E-state index contributed by atoms with van der Waals surface area (Å²) in [6.07, 6.45) is 9.16. The fraction of sp³-hybridized carbons (Fsp3) is 0.955. The van der Waals surface area contributed by atoms with E-state index in [1.165, 1.54) is 64.2 Å². The van der Waals surface area contributed by atoms with Crippen LogP contribution in [0.25, 0.3) is 0 Å². The Balaban J connectivity index is 1.93. The second-order valence-electron chi connectivity index (χ2n) is 8.21. The zero-order valence-corrected chi connectivity index (χ0v) is 18.0. The zero-order valence-electron chi connectivity index (χ0n) is 18.0. The number of carbonyl (C=O) groups excluding carboxylic acids is 1. The number of hydrogen-bond donors (Lipinski definition) is 4. The summed E-state index contributed by atoms with van der Waals surface area (Å²) < 4.78 is 10.0. The molecule has 0 amide bonds. The lowest BCUT2D eigenvalue weighted by Gasteiger charge is -2.37. The molecule has 1 fully saturated rings. The van der Waals surface area contributed by atoms with Crippen molar-refractivity contribution in [1.82, 2.24) is 0 Å². The molecule has 172 valence electrons. The third kappa shape index (κ3) is 11.3. The smallest absolute Gasteiger partial charge is 0.305 e. The maximum absolute atomic E-state index is 11.8. The first kappa shape index (κ1) is 26.3. The van der Waals surface area contributed by atoms with E-state index in [1.807, 2.05) is 0 Å². The highest BCUT2D eigenvalue weighted by Crippen LogP contribution is 2.20. The van der Waals surface area contributed by atoms with Gasteiger partial charge in [-0.2, -0.15) is 0 Å². The van der Waals surface area contributed by atoms with Crippen molar-refractivity contribution in [2.45, 2.75) is 128 Å². The van der Waals surface area contributed by atoms with E-state index in [1.54, 1.807) is 0 Å². The molecule has 29 heavy (non-hydrogen) atoms. The average molecular weight is 419 g/mol. The molecule has 1 heterocycles. The molecular weight excluding hydrogens is 376 g/mol. The van der Waals surface area contributed by atoms with Crippen molar-refractivity contribution >= 4 is 5.97 Å². The molecule has 0 aliphatic carbocycles. The van der Waals surface area contributed by atoms with Crippen LogP contribution >= 0.6 is 0 Å². The summed E-state index contributed by atoms with van der Waals surface area (Å²) >= 11 is 0. The lowest BCUT2D eigenvalue weighted by molar-refractivity contribution is -0.287. The van der Waals surface area contributed by atoms with E-state index in [0.717, 1.165) is 19.3 Å². The van der Waals surface area contributed by atoms with Crippen LogP contribution in [-0.2, 0) is 14.3 Å². The molecule has 1 rings (SSSR count). The zero-order chi connectivity index (χ0) is 21.5. The summed E-state index contributed by atoms with van der Waals surface area (Å²) in [6.45, 7) is 1.98. The molecule has 0 radical (unpaired) electrons. The van der Waals surface area contributed by atoms with Gasteiger partial charge in [0.2, 0.25) is 0 Å². The fourth-order valence-electron chi connectivity index (χ4n) is 3.60. The van der Waals surface area contributed by atoms with Crippen molar-refractivity contribution in [3.63, 3.8) is 0 Å². The maximum Gasteiger partial charge on any atom is 0.305 e. The van der Waals surface area contributed by atoms with Gasteiger partial charge in [-0.05, 0) is 6.42 Å². The summed E-state index contributed by atoms with van der Waals surface area (Å²) in [4.78, 5) is 11.8. The van der Waals surface area contributed by atoms with Gasteiger partial charge in [0, 0.05) is 6.42 Å². The Morgan fingerprint density at radius 3 is 1.72 bits per heavy atom. The molecule has 0 bridgehead atoms. The number of aliphatic hydroxyl groups is 4. The molecule has 5 atom stereocenters. The molecule has 0 aromatic carbocycles. The standard InChI is InChI=1S/C22H42O7/c1-2-3-4-5-6-7-8-9-10-11-12-13-14-15-18(23)28-16-17-19(24)20(25)21(26)22(27)29-17/h17,19-22,24-27H,2-16H2,1H3/t17-,19-,20+,21-,22-/m1/s1. The van der Waals surface area contributed by atoms with Crippen LogP contribution in [0.15, 0.2) is 0 Å². The van der Waals surface area contributed by atoms with E-state index in [2.05, 4.69) is 6.92 Å². The molecule has 0 aromatic heterocycles. The highest BCUT2D eigenvalue weighted by atomic mass is 16.6. The van der Waals surface area contributed by atoms with Gasteiger partial charge in [-0.3, -0.25) is 4.79 Å². The molecular formula is C22H42O7. The van der Waals surface area contributed by atoms with Gasteiger partial charge in [0.25, 0.3) is 0 Å². The summed E-state index contributed by atoms with van der Waals surface area (Å²) in [5, 5.41) is 38.3. The number of hydrogen-bond acceptors (Lipinski definition) is 7. The Morgan fingerprint density at radius 2 is 1.21 bits per heavy atom. The summed E-state index contributed by atoms with van der Waals surface area (Å²) in [6, 6.07) is 0. The van der Waals surface area contributed by atoms with Crippen LogP contribution in [0, 0.1) is 0 Å². The molecule has 1 aliphatic heterocycles. The minimum absolute atomic E-state index is 0.265. The number of unbranched alkanes of at least 4 members (excludes halogenated alkanes) is 12. The van der Waals surface area contributed by atoms with Crippen molar-refractivity contribution in [2.24, 2.45) is 0 Å². The van der Waals surface area contributed by atoms with Crippen molar-refractivity contribution in [3.05, 3.63) is 0 Å². The molecule has 7 nitrogen and oxygen atoms in total. The number of ether oxygens (including phenoxy) is 2. The summed E-state index contributed by atoms with van der Waals surface area (Å²) in [5.41, 5.74) is 0. The maximum atomic E-state index is 11.8. The van der Waals surface area contributed by atoms with Crippen LogP contribution in [0.1, 0.15) is 96.8 Å². The van der Waals surface area contributed by atoms with Crippen molar-refractivity contribution in [2.75, 3.05) is 6.61 Å². The van der Waals surface area contributed by atoms with E-state index in [9.17, 15) is 25.2 Å². The largest absolute Gasteiger partial charge is 0.463 e.